The molecule has 0 spiro atoms. The Balaban J connectivity index is 0.00000405. The van der Waals surface area contributed by atoms with Crippen LogP contribution in [-0.2, 0) is 21.3 Å². The minimum Gasteiger partial charge on any atom is -0.505 e. The minimum absolute atomic E-state index is 0. The first-order chi connectivity index (χ1) is 19.7. The van der Waals surface area contributed by atoms with Crippen LogP contribution in [0, 0.1) is 0 Å². The smallest absolute Gasteiger partial charge is 0.505 e. The number of ketones is 1. The van der Waals surface area contributed by atoms with Gasteiger partial charge in [-0.2, -0.15) is 13.2 Å². The largest absolute Gasteiger partial charge is 2.00 e. The summed E-state index contributed by atoms with van der Waals surface area (Å²) in [4.78, 5) is 40.6. The van der Waals surface area contributed by atoms with Gasteiger partial charge in [0.15, 0.2) is 11.5 Å². The number of imide groups is 1. The first kappa shape index (κ1) is 30.1. The molecule has 1 aliphatic heterocycles. The third-order valence-electron chi connectivity index (χ3n) is 6.41. The summed E-state index contributed by atoms with van der Waals surface area (Å²) in [6.07, 6.45) is -5.36. The maximum atomic E-state index is 13.8. The number of carbonyl (C=O) groups is 3. The molecule has 0 radical (unpaired) electrons. The summed E-state index contributed by atoms with van der Waals surface area (Å²) in [7, 11) is 0. The number of allylic oxidation sites excluding steroid dienone is 1. The fraction of sp³-hybridized carbons (Fsp3) is 0.0645. The van der Waals surface area contributed by atoms with Gasteiger partial charge >= 0.3 is 22.7 Å². The van der Waals surface area contributed by atoms with E-state index in [4.69, 9.17) is 0 Å². The molecule has 4 aromatic rings. The zero-order valence-corrected chi connectivity index (χ0v) is 22.4. The Morgan fingerprint density at radius 3 is 1.79 bits per heavy atom. The Kier molecular flexibility index (Phi) is 8.82. The second kappa shape index (κ2) is 12.3. The van der Waals surface area contributed by atoms with Gasteiger partial charge in [0.2, 0.25) is 0 Å². The number of benzene rings is 4. The minimum atomic E-state index is -5.36. The van der Waals surface area contributed by atoms with Crippen LogP contribution >= 0.6 is 0 Å². The first-order valence-electron chi connectivity index (χ1n) is 12.3. The predicted molar refractivity (Wildman–Crippen MR) is 143 cm³/mol. The van der Waals surface area contributed by atoms with E-state index < -0.39 is 41.3 Å². The Hall–Kier alpha value is -4.89. The molecule has 0 saturated heterocycles. The van der Waals surface area contributed by atoms with Gasteiger partial charge in [-0.15, -0.1) is 10.2 Å². The molecule has 7 nitrogen and oxygen atoms in total. The van der Waals surface area contributed by atoms with Gasteiger partial charge in [-0.3, -0.25) is 19.3 Å². The van der Waals surface area contributed by atoms with Gasteiger partial charge < -0.3 is 5.11 Å². The third kappa shape index (κ3) is 5.78. The number of nitrogens with zero attached hydrogens (tertiary/aromatic N) is 3. The van der Waals surface area contributed by atoms with Crippen molar-refractivity contribution in [3.63, 3.8) is 0 Å². The number of hydrogen-bond donors (Lipinski definition) is 1. The van der Waals surface area contributed by atoms with E-state index in [2.05, 4.69) is 10.2 Å². The maximum absolute atomic E-state index is 13.8. The van der Waals surface area contributed by atoms with E-state index in [1.54, 1.807) is 66.7 Å². The van der Waals surface area contributed by atoms with Gasteiger partial charge in [-0.25, -0.2) is 0 Å². The van der Waals surface area contributed by atoms with Crippen LogP contribution in [0.2, 0.25) is 0 Å². The molecule has 0 atom stereocenters. The van der Waals surface area contributed by atoms with Gasteiger partial charge in [-0.1, -0.05) is 97.1 Å². The summed E-state index contributed by atoms with van der Waals surface area (Å²) in [6, 6.07) is 28.1. The fourth-order valence-corrected chi connectivity index (χ4v) is 4.54. The number of halogens is 3. The van der Waals surface area contributed by atoms with Crippen molar-refractivity contribution in [2.45, 2.75) is 12.2 Å². The molecule has 0 aliphatic carbocycles. The molecule has 5 rings (SSSR count). The predicted octanol–water partition coefficient (Wildman–Crippen LogP) is 7.21. The van der Waals surface area contributed by atoms with E-state index in [1.807, 2.05) is 0 Å². The number of alkyl halides is 3. The molecule has 0 fully saturated rings. The van der Waals surface area contributed by atoms with E-state index in [0.29, 0.717) is 11.1 Å². The van der Waals surface area contributed by atoms with Crippen molar-refractivity contribution < 1.29 is 49.2 Å². The van der Waals surface area contributed by atoms with Crippen LogP contribution in [0.5, 0.6) is 0 Å². The Morgan fingerprint density at radius 2 is 1.26 bits per heavy atom. The number of hydrogen-bond acceptors (Lipinski definition) is 6. The monoisotopic (exact) mass is 613 g/mol. The summed E-state index contributed by atoms with van der Waals surface area (Å²) in [5, 5.41) is 17.8. The van der Waals surface area contributed by atoms with Crippen molar-refractivity contribution >= 4 is 29.0 Å². The van der Waals surface area contributed by atoms with Crippen LogP contribution in [0.25, 0.3) is 5.76 Å². The van der Waals surface area contributed by atoms with Crippen LogP contribution in [-0.4, -0.2) is 33.8 Å². The van der Waals surface area contributed by atoms with E-state index in [0.717, 1.165) is 4.90 Å². The molecule has 0 unspecified atom stereocenters. The summed E-state index contributed by atoms with van der Waals surface area (Å²) < 4.78 is 40.2. The molecule has 4 aromatic carbocycles. The van der Waals surface area contributed by atoms with E-state index >= 15 is 0 Å². The van der Waals surface area contributed by atoms with Crippen molar-refractivity contribution in [2.75, 3.05) is 0 Å². The van der Waals surface area contributed by atoms with E-state index in [-0.39, 0.29) is 38.9 Å². The molecule has 1 heterocycles. The Labute approximate surface area is 247 Å². The van der Waals surface area contributed by atoms with Gasteiger partial charge in [0.05, 0.1) is 22.9 Å². The molecule has 1 N–H and O–H groups in total. The van der Waals surface area contributed by atoms with Crippen LogP contribution in [0.4, 0.5) is 18.9 Å². The molecule has 212 valence electrons. The average Bonchev–Trinajstić information content (AvgIpc) is 3.24. The number of carbonyl (C=O) groups excluding carboxylic acids is 3. The molecule has 0 bridgehead atoms. The van der Waals surface area contributed by atoms with Crippen LogP contribution < -0.4 is 0 Å². The van der Waals surface area contributed by atoms with Gasteiger partial charge in [0.1, 0.15) is 0 Å². The van der Waals surface area contributed by atoms with Crippen LogP contribution in [0.3, 0.4) is 0 Å². The standard InChI is InChI=1S/C31H20F3N3O4.Ni/c32-31(33,34)28(39)25(27(38)21-15-8-3-9-16-21)36-35-23-18-10-17-22-24(23)30(41)37(29(22)40)26(19-11-4-1-5-12-19)20-13-6-2-7-14-20;/h1-18,26,38H;/q;+2/b27-25-,36-35?;. The second-order valence-electron chi connectivity index (χ2n) is 8.99. The molecule has 42 heavy (non-hydrogen) atoms. The quantitative estimate of drug-likeness (QED) is 0.0782. The molecular weight excluding hydrogens is 594 g/mol. The number of amides is 2. The SMILES string of the molecule is O=C1c2cccc(N=N/C(C(=O)C(F)(F)F)=C(\O)c3ccccc3)c2C(=O)N1C(c1ccccc1)c1ccccc1.[Ni+2]. The third-order valence-corrected chi connectivity index (χ3v) is 6.41. The second-order valence-corrected chi connectivity index (χ2v) is 8.99. The molecule has 1 aliphatic rings. The first-order valence-corrected chi connectivity index (χ1v) is 12.3. The van der Waals surface area contributed by atoms with E-state index in [9.17, 15) is 32.7 Å². The summed E-state index contributed by atoms with van der Waals surface area (Å²) in [5.41, 5.74) is -0.587. The number of aliphatic hydroxyl groups excluding tert-OH is 1. The topological polar surface area (TPSA) is 99.4 Å². The number of fused-ring (bicyclic) bond motifs is 1. The van der Waals surface area contributed by atoms with E-state index in [1.165, 1.54) is 42.5 Å². The van der Waals surface area contributed by atoms with Crippen molar-refractivity contribution in [2.24, 2.45) is 10.2 Å². The normalized spacial score (nSPS) is 13.7. The zero-order chi connectivity index (χ0) is 29.1. The van der Waals surface area contributed by atoms with Crippen LogP contribution in [0.1, 0.15) is 43.4 Å². The van der Waals surface area contributed by atoms with Crippen molar-refractivity contribution in [1.82, 2.24) is 4.90 Å². The number of azo groups is 1. The average molecular weight is 614 g/mol. The van der Waals surface area contributed by atoms with Gasteiger partial charge in [-0.05, 0) is 23.3 Å². The van der Waals surface area contributed by atoms with Crippen molar-refractivity contribution in [3.05, 3.63) is 143 Å². The fourth-order valence-electron chi connectivity index (χ4n) is 4.54. The molecule has 2 amide bonds. The summed E-state index contributed by atoms with van der Waals surface area (Å²) in [6.45, 7) is 0. The zero-order valence-electron chi connectivity index (χ0n) is 21.4. The Morgan fingerprint density at radius 1 is 0.738 bits per heavy atom. The molecule has 0 saturated carbocycles. The van der Waals surface area contributed by atoms with Crippen molar-refractivity contribution in [1.29, 1.82) is 0 Å². The summed E-state index contributed by atoms with van der Waals surface area (Å²) >= 11 is 0. The number of Topliss-reactive ketones (excluding diaryl/α,β-unsaturated/α-hetero) is 1. The molecular formula is C31H20F3N3NiO4+2. The number of rotatable bonds is 7. The summed E-state index contributed by atoms with van der Waals surface area (Å²) in [5.74, 6) is -4.83. The van der Waals surface area contributed by atoms with Gasteiger partial charge in [0, 0.05) is 5.56 Å². The Bertz CT molecular complexity index is 1650. The number of aliphatic hydroxyl groups is 1. The van der Waals surface area contributed by atoms with Crippen LogP contribution in [0.15, 0.2) is 125 Å². The van der Waals surface area contributed by atoms with Crippen molar-refractivity contribution in [3.8, 4) is 0 Å². The van der Waals surface area contributed by atoms with Gasteiger partial charge in [0.25, 0.3) is 17.6 Å². The molecule has 0 aromatic heterocycles. The molecule has 11 heteroatoms. The maximum Gasteiger partial charge on any atom is 2.00 e.